The van der Waals surface area contributed by atoms with Crippen molar-refractivity contribution in [1.82, 2.24) is 5.32 Å². The molecule has 0 aromatic heterocycles. The minimum absolute atomic E-state index is 0.118. The summed E-state index contributed by atoms with van der Waals surface area (Å²) in [5, 5.41) is 2.61. The van der Waals surface area contributed by atoms with Gasteiger partial charge >= 0.3 is 0 Å². The van der Waals surface area contributed by atoms with E-state index < -0.39 is 0 Å². The fourth-order valence-corrected chi connectivity index (χ4v) is 1.59. The highest BCUT2D eigenvalue weighted by Gasteiger charge is 2.06. The van der Waals surface area contributed by atoms with E-state index >= 15 is 0 Å². The Hall–Kier alpha value is -2.53. The maximum Gasteiger partial charge on any atom is 0.252 e. The quantitative estimate of drug-likeness (QED) is 0.756. The largest absolute Gasteiger partial charge is 0.355 e. The van der Waals surface area contributed by atoms with E-state index in [0.717, 1.165) is 11.1 Å². The number of rotatable bonds is 1. The van der Waals surface area contributed by atoms with Crippen LogP contribution in [-0.4, -0.2) is 13.0 Å². The molecule has 0 atom stereocenters. The van der Waals surface area contributed by atoms with E-state index in [1.54, 1.807) is 13.1 Å². The number of nitrogens with one attached hydrogen (secondary N) is 1. The number of carbonyl (C=O) groups excluding carboxylic acids is 1. The molecule has 0 heterocycles. The molecule has 18 heavy (non-hydrogen) atoms. The number of carbonyl (C=O) groups is 1. The molecule has 0 spiro atoms. The average Bonchev–Trinajstić information content (AvgIpc) is 2.45. The van der Waals surface area contributed by atoms with Crippen molar-refractivity contribution in [2.75, 3.05) is 7.05 Å². The predicted molar refractivity (Wildman–Crippen MR) is 72.3 cm³/mol. The van der Waals surface area contributed by atoms with Crippen LogP contribution >= 0.6 is 0 Å². The van der Waals surface area contributed by atoms with Crippen molar-refractivity contribution in [3.05, 3.63) is 71.3 Å². The lowest BCUT2D eigenvalue weighted by molar-refractivity contribution is 0.0963. The van der Waals surface area contributed by atoms with Crippen LogP contribution < -0.4 is 5.32 Å². The van der Waals surface area contributed by atoms with Crippen LogP contribution in [0.4, 0.5) is 0 Å². The lowest BCUT2D eigenvalue weighted by atomic mass is 10.1. The number of amides is 1. The Morgan fingerprint density at radius 1 is 0.944 bits per heavy atom. The fourth-order valence-electron chi connectivity index (χ4n) is 1.59. The van der Waals surface area contributed by atoms with Crippen LogP contribution in [0.3, 0.4) is 0 Å². The SMILES string of the molecule is CNC(=O)c1ccccc1C#Cc1ccccc1. The summed E-state index contributed by atoms with van der Waals surface area (Å²) in [6.07, 6.45) is 0. The minimum Gasteiger partial charge on any atom is -0.355 e. The third-order valence-electron chi connectivity index (χ3n) is 2.51. The molecule has 0 saturated heterocycles. The highest BCUT2D eigenvalue weighted by molar-refractivity contribution is 5.96. The second kappa shape index (κ2) is 5.70. The molecular weight excluding hydrogens is 222 g/mol. The van der Waals surface area contributed by atoms with Crippen LogP contribution in [0.25, 0.3) is 0 Å². The van der Waals surface area contributed by atoms with E-state index in [0.29, 0.717) is 5.56 Å². The van der Waals surface area contributed by atoms with Crippen molar-refractivity contribution in [2.24, 2.45) is 0 Å². The van der Waals surface area contributed by atoms with E-state index in [1.807, 2.05) is 48.5 Å². The zero-order chi connectivity index (χ0) is 12.8. The Kier molecular flexibility index (Phi) is 3.78. The molecule has 2 aromatic rings. The normalized spacial score (nSPS) is 9.17. The molecule has 1 N–H and O–H groups in total. The number of hydrogen-bond donors (Lipinski definition) is 1. The molecule has 1 amide bonds. The molecular formula is C16H13NO. The van der Waals surface area contributed by atoms with Crippen molar-refractivity contribution in [3.63, 3.8) is 0 Å². The smallest absolute Gasteiger partial charge is 0.252 e. The van der Waals surface area contributed by atoms with Gasteiger partial charge in [0.2, 0.25) is 0 Å². The first-order valence-electron chi connectivity index (χ1n) is 5.69. The van der Waals surface area contributed by atoms with Crippen LogP contribution in [0.1, 0.15) is 21.5 Å². The fraction of sp³-hybridized carbons (Fsp3) is 0.0625. The monoisotopic (exact) mass is 235 g/mol. The van der Waals surface area contributed by atoms with Crippen LogP contribution in [-0.2, 0) is 0 Å². The summed E-state index contributed by atoms with van der Waals surface area (Å²) in [7, 11) is 1.61. The molecule has 88 valence electrons. The first kappa shape index (κ1) is 11.9. The third-order valence-corrected chi connectivity index (χ3v) is 2.51. The molecule has 0 unspecified atom stereocenters. The van der Waals surface area contributed by atoms with Crippen molar-refractivity contribution < 1.29 is 4.79 Å². The van der Waals surface area contributed by atoms with Gasteiger partial charge in [-0.1, -0.05) is 42.2 Å². The van der Waals surface area contributed by atoms with Crippen molar-refractivity contribution in [1.29, 1.82) is 0 Å². The molecule has 2 rings (SSSR count). The second-order valence-corrected chi connectivity index (χ2v) is 3.74. The summed E-state index contributed by atoms with van der Waals surface area (Å²) in [5.74, 6) is 5.97. The summed E-state index contributed by atoms with van der Waals surface area (Å²) in [4.78, 5) is 11.7. The molecule has 2 aromatic carbocycles. The van der Waals surface area contributed by atoms with E-state index in [-0.39, 0.29) is 5.91 Å². The molecule has 0 saturated carbocycles. The Labute approximate surface area is 107 Å². The van der Waals surface area contributed by atoms with Gasteiger partial charge in [-0.15, -0.1) is 0 Å². The van der Waals surface area contributed by atoms with Crippen LogP contribution in [0, 0.1) is 11.8 Å². The van der Waals surface area contributed by atoms with Crippen molar-refractivity contribution >= 4 is 5.91 Å². The standard InChI is InChI=1S/C16H13NO/c1-17-16(18)15-10-6-5-9-14(15)12-11-13-7-3-2-4-8-13/h2-10H,1H3,(H,17,18). The topological polar surface area (TPSA) is 29.1 Å². The Bertz CT molecular complexity index is 606. The van der Waals surface area contributed by atoms with Gasteiger partial charge in [0, 0.05) is 18.2 Å². The van der Waals surface area contributed by atoms with Crippen molar-refractivity contribution in [3.8, 4) is 11.8 Å². The van der Waals surface area contributed by atoms with Gasteiger partial charge in [-0.05, 0) is 24.3 Å². The van der Waals surface area contributed by atoms with Crippen molar-refractivity contribution in [2.45, 2.75) is 0 Å². The van der Waals surface area contributed by atoms with E-state index in [2.05, 4.69) is 17.2 Å². The zero-order valence-electron chi connectivity index (χ0n) is 10.1. The molecule has 0 aliphatic carbocycles. The number of hydrogen-bond acceptors (Lipinski definition) is 1. The summed E-state index contributed by atoms with van der Waals surface area (Å²) in [5.41, 5.74) is 2.27. The van der Waals surface area contributed by atoms with Gasteiger partial charge in [-0.3, -0.25) is 4.79 Å². The zero-order valence-corrected chi connectivity index (χ0v) is 10.1. The Morgan fingerprint density at radius 3 is 2.33 bits per heavy atom. The van der Waals surface area contributed by atoms with Crippen LogP contribution in [0.5, 0.6) is 0 Å². The van der Waals surface area contributed by atoms with Crippen LogP contribution in [0.15, 0.2) is 54.6 Å². The molecule has 2 heteroatoms. The predicted octanol–water partition coefficient (Wildman–Crippen LogP) is 2.45. The number of benzene rings is 2. The Morgan fingerprint density at radius 2 is 1.61 bits per heavy atom. The van der Waals surface area contributed by atoms with E-state index in [9.17, 15) is 4.79 Å². The summed E-state index contributed by atoms with van der Waals surface area (Å²) in [6.45, 7) is 0. The first-order chi connectivity index (χ1) is 8.81. The summed E-state index contributed by atoms with van der Waals surface area (Å²) in [6, 6.07) is 17.0. The second-order valence-electron chi connectivity index (χ2n) is 3.74. The van der Waals surface area contributed by atoms with Gasteiger partial charge in [-0.25, -0.2) is 0 Å². The molecule has 2 nitrogen and oxygen atoms in total. The lowest BCUT2D eigenvalue weighted by Gasteiger charge is -2.01. The minimum atomic E-state index is -0.118. The van der Waals surface area contributed by atoms with Gasteiger partial charge in [-0.2, -0.15) is 0 Å². The first-order valence-corrected chi connectivity index (χ1v) is 5.69. The highest BCUT2D eigenvalue weighted by atomic mass is 16.1. The average molecular weight is 235 g/mol. The van der Waals surface area contributed by atoms with Crippen LogP contribution in [0.2, 0.25) is 0 Å². The lowest BCUT2D eigenvalue weighted by Crippen LogP contribution is -2.18. The van der Waals surface area contributed by atoms with E-state index in [1.165, 1.54) is 0 Å². The highest BCUT2D eigenvalue weighted by Crippen LogP contribution is 2.07. The summed E-state index contributed by atoms with van der Waals surface area (Å²) >= 11 is 0. The maximum atomic E-state index is 11.7. The molecule has 0 aliphatic heterocycles. The van der Waals surface area contributed by atoms with Gasteiger partial charge in [0.1, 0.15) is 0 Å². The van der Waals surface area contributed by atoms with Gasteiger partial charge in [0.05, 0.1) is 5.56 Å². The van der Waals surface area contributed by atoms with Gasteiger partial charge < -0.3 is 5.32 Å². The molecule has 0 radical (unpaired) electrons. The summed E-state index contributed by atoms with van der Waals surface area (Å²) < 4.78 is 0. The van der Waals surface area contributed by atoms with Gasteiger partial charge in [0.15, 0.2) is 0 Å². The molecule has 0 bridgehead atoms. The molecule has 0 fully saturated rings. The molecule has 0 aliphatic rings. The third kappa shape index (κ3) is 2.78. The maximum absolute atomic E-state index is 11.7. The van der Waals surface area contributed by atoms with E-state index in [4.69, 9.17) is 0 Å². The van der Waals surface area contributed by atoms with Gasteiger partial charge in [0.25, 0.3) is 5.91 Å². The Balaban J connectivity index is 2.36.